The van der Waals surface area contributed by atoms with E-state index in [0.29, 0.717) is 0 Å². The molecular weight excluding hydrogens is 364 g/mol. The van der Waals surface area contributed by atoms with Gasteiger partial charge in [0.15, 0.2) is 0 Å². The first-order valence-electron chi connectivity index (χ1n) is 12.1. The molecule has 30 heavy (non-hydrogen) atoms. The topological polar surface area (TPSA) is 15.3 Å². The van der Waals surface area contributed by atoms with Crippen LogP contribution in [0.2, 0.25) is 0 Å². The fraction of sp³-hybridized carbons (Fsp3) is 0.500. The SMILES string of the molecule is C=Cc1ccc(CCCNCCCCCc2cccc(N3CCCC3)c2)cc1CC. The summed E-state index contributed by atoms with van der Waals surface area (Å²) in [6.07, 6.45) is 13.2. The monoisotopic (exact) mass is 404 g/mol. The van der Waals surface area contributed by atoms with Crippen LogP contribution in [0, 0.1) is 0 Å². The summed E-state index contributed by atoms with van der Waals surface area (Å²) in [5.41, 5.74) is 7.08. The second-order valence-electron chi connectivity index (χ2n) is 8.62. The Morgan fingerprint density at radius 1 is 0.900 bits per heavy atom. The highest BCUT2D eigenvalue weighted by Gasteiger charge is 2.12. The molecular formula is C28H40N2. The second kappa shape index (κ2) is 12.6. The van der Waals surface area contributed by atoms with E-state index in [1.54, 1.807) is 0 Å². The van der Waals surface area contributed by atoms with E-state index in [1.165, 1.54) is 86.0 Å². The van der Waals surface area contributed by atoms with Crippen LogP contribution in [0.25, 0.3) is 6.08 Å². The van der Waals surface area contributed by atoms with E-state index in [-0.39, 0.29) is 0 Å². The Labute approximate surface area is 184 Å². The van der Waals surface area contributed by atoms with E-state index in [1.807, 2.05) is 6.08 Å². The fourth-order valence-corrected chi connectivity index (χ4v) is 4.50. The lowest BCUT2D eigenvalue weighted by atomic mass is 9.99. The minimum atomic E-state index is 1.08. The van der Waals surface area contributed by atoms with Crippen molar-refractivity contribution in [1.29, 1.82) is 0 Å². The zero-order valence-electron chi connectivity index (χ0n) is 19.0. The van der Waals surface area contributed by atoms with Gasteiger partial charge in [-0.05, 0) is 98.8 Å². The van der Waals surface area contributed by atoms with E-state index >= 15 is 0 Å². The molecule has 1 aliphatic rings. The molecule has 1 fully saturated rings. The molecule has 1 heterocycles. The van der Waals surface area contributed by atoms with Crippen molar-refractivity contribution in [2.24, 2.45) is 0 Å². The van der Waals surface area contributed by atoms with Gasteiger partial charge in [-0.15, -0.1) is 0 Å². The summed E-state index contributed by atoms with van der Waals surface area (Å²) < 4.78 is 0. The first-order valence-corrected chi connectivity index (χ1v) is 12.1. The van der Waals surface area contributed by atoms with Gasteiger partial charge in [0.25, 0.3) is 0 Å². The molecule has 1 N–H and O–H groups in total. The Hall–Kier alpha value is -2.06. The molecule has 2 aromatic carbocycles. The average Bonchev–Trinajstić information content (AvgIpc) is 3.33. The third-order valence-corrected chi connectivity index (χ3v) is 6.33. The first-order chi connectivity index (χ1) is 14.8. The summed E-state index contributed by atoms with van der Waals surface area (Å²) in [4.78, 5) is 2.53. The predicted molar refractivity (Wildman–Crippen MR) is 133 cm³/mol. The molecule has 0 atom stereocenters. The molecule has 2 aromatic rings. The molecule has 1 saturated heterocycles. The van der Waals surface area contributed by atoms with Crippen LogP contribution in [0.4, 0.5) is 5.69 Å². The maximum absolute atomic E-state index is 3.91. The lowest BCUT2D eigenvalue weighted by Crippen LogP contribution is -2.17. The number of nitrogens with one attached hydrogen (secondary N) is 1. The first kappa shape index (κ1) is 22.6. The highest BCUT2D eigenvalue weighted by molar-refractivity contribution is 5.53. The van der Waals surface area contributed by atoms with Gasteiger partial charge < -0.3 is 10.2 Å². The summed E-state index contributed by atoms with van der Waals surface area (Å²) in [5, 5.41) is 3.63. The van der Waals surface area contributed by atoms with Crippen molar-refractivity contribution in [3.05, 3.63) is 71.3 Å². The molecule has 0 spiro atoms. The summed E-state index contributed by atoms with van der Waals surface area (Å²) in [7, 11) is 0. The van der Waals surface area contributed by atoms with Crippen molar-refractivity contribution in [2.45, 2.75) is 64.7 Å². The van der Waals surface area contributed by atoms with Crippen molar-refractivity contribution in [3.63, 3.8) is 0 Å². The van der Waals surface area contributed by atoms with Crippen LogP contribution in [0.5, 0.6) is 0 Å². The highest BCUT2D eigenvalue weighted by Crippen LogP contribution is 2.22. The molecule has 0 amide bonds. The fourth-order valence-electron chi connectivity index (χ4n) is 4.50. The number of benzene rings is 2. The standard InChI is InChI=1S/C28H40N2/c1-3-26-17-16-25(22-27(26)4-2)14-11-19-29-18-7-5-6-12-24-13-10-15-28(23-24)30-20-8-9-21-30/h3,10,13,15-17,22-23,29H,1,4-9,11-12,14,18-21H2,2H3. The number of rotatable bonds is 13. The quantitative estimate of drug-likeness (QED) is 0.387. The number of nitrogens with zero attached hydrogens (tertiary/aromatic N) is 1. The smallest absolute Gasteiger partial charge is 0.0368 e. The summed E-state index contributed by atoms with van der Waals surface area (Å²) in [6, 6.07) is 16.0. The molecule has 1 aliphatic heterocycles. The molecule has 0 saturated carbocycles. The molecule has 2 heteroatoms. The van der Waals surface area contributed by atoms with Gasteiger partial charge in [-0.25, -0.2) is 0 Å². The van der Waals surface area contributed by atoms with Gasteiger partial charge in [0.05, 0.1) is 0 Å². The van der Waals surface area contributed by atoms with Gasteiger partial charge in [0.2, 0.25) is 0 Å². The van der Waals surface area contributed by atoms with E-state index < -0.39 is 0 Å². The molecule has 2 nitrogen and oxygen atoms in total. The number of hydrogen-bond acceptors (Lipinski definition) is 2. The van der Waals surface area contributed by atoms with Gasteiger partial charge in [0, 0.05) is 18.8 Å². The molecule has 0 bridgehead atoms. The van der Waals surface area contributed by atoms with E-state index in [4.69, 9.17) is 0 Å². The minimum absolute atomic E-state index is 1.08. The normalized spacial score (nSPS) is 13.7. The second-order valence-corrected chi connectivity index (χ2v) is 8.62. The maximum atomic E-state index is 3.91. The summed E-state index contributed by atoms with van der Waals surface area (Å²) in [6.45, 7) is 10.9. The van der Waals surface area contributed by atoms with Gasteiger partial charge in [0.1, 0.15) is 0 Å². The van der Waals surface area contributed by atoms with Crippen LogP contribution in [0.1, 0.15) is 67.7 Å². The van der Waals surface area contributed by atoms with Crippen LogP contribution >= 0.6 is 0 Å². The molecule has 0 aliphatic carbocycles. The summed E-state index contributed by atoms with van der Waals surface area (Å²) in [5.74, 6) is 0. The number of hydrogen-bond donors (Lipinski definition) is 1. The Morgan fingerprint density at radius 3 is 2.47 bits per heavy atom. The van der Waals surface area contributed by atoms with E-state index in [2.05, 4.69) is 66.2 Å². The van der Waals surface area contributed by atoms with Crippen molar-refractivity contribution in [1.82, 2.24) is 5.32 Å². The van der Waals surface area contributed by atoms with Crippen LogP contribution in [0.3, 0.4) is 0 Å². The zero-order chi connectivity index (χ0) is 21.0. The maximum Gasteiger partial charge on any atom is 0.0368 e. The lowest BCUT2D eigenvalue weighted by Gasteiger charge is -2.18. The Balaban J connectivity index is 1.24. The Morgan fingerprint density at radius 2 is 1.67 bits per heavy atom. The van der Waals surface area contributed by atoms with E-state index in [0.717, 1.165) is 25.9 Å². The number of aryl methyl sites for hydroxylation is 3. The predicted octanol–water partition coefficient (Wildman–Crippen LogP) is 6.43. The van der Waals surface area contributed by atoms with Crippen LogP contribution in [-0.4, -0.2) is 26.2 Å². The molecule has 0 aromatic heterocycles. The van der Waals surface area contributed by atoms with Gasteiger partial charge in [-0.1, -0.05) is 56.3 Å². The number of unbranched alkanes of at least 4 members (excludes halogenated alkanes) is 2. The van der Waals surface area contributed by atoms with Crippen molar-refractivity contribution < 1.29 is 0 Å². The van der Waals surface area contributed by atoms with Crippen LogP contribution < -0.4 is 10.2 Å². The van der Waals surface area contributed by atoms with Gasteiger partial charge in [-0.2, -0.15) is 0 Å². The third-order valence-electron chi connectivity index (χ3n) is 6.33. The van der Waals surface area contributed by atoms with Crippen molar-refractivity contribution in [2.75, 3.05) is 31.1 Å². The molecule has 0 radical (unpaired) electrons. The van der Waals surface area contributed by atoms with E-state index in [9.17, 15) is 0 Å². The van der Waals surface area contributed by atoms with Gasteiger partial charge >= 0.3 is 0 Å². The molecule has 3 rings (SSSR count). The lowest BCUT2D eigenvalue weighted by molar-refractivity contribution is 0.589. The molecule has 162 valence electrons. The zero-order valence-corrected chi connectivity index (χ0v) is 19.0. The summed E-state index contributed by atoms with van der Waals surface area (Å²) >= 11 is 0. The van der Waals surface area contributed by atoms with Gasteiger partial charge in [-0.3, -0.25) is 0 Å². The molecule has 0 unspecified atom stereocenters. The van der Waals surface area contributed by atoms with Crippen LogP contribution in [0.15, 0.2) is 49.0 Å². The Bertz CT molecular complexity index is 774. The number of anilines is 1. The largest absolute Gasteiger partial charge is 0.372 e. The highest BCUT2D eigenvalue weighted by atomic mass is 15.1. The minimum Gasteiger partial charge on any atom is -0.372 e. The Kier molecular flexibility index (Phi) is 9.50. The van der Waals surface area contributed by atoms with Crippen LogP contribution in [-0.2, 0) is 19.3 Å². The van der Waals surface area contributed by atoms with Crippen molar-refractivity contribution >= 4 is 11.8 Å². The third kappa shape index (κ3) is 7.02. The van der Waals surface area contributed by atoms with Crippen molar-refractivity contribution in [3.8, 4) is 0 Å². The average molecular weight is 405 g/mol.